The Morgan fingerprint density at radius 2 is 2.00 bits per heavy atom. The highest BCUT2D eigenvalue weighted by atomic mass is 16.3. The van der Waals surface area contributed by atoms with Gasteiger partial charge in [0.25, 0.3) is 0 Å². The van der Waals surface area contributed by atoms with Crippen molar-refractivity contribution < 1.29 is 9.90 Å². The molecule has 6 heteroatoms. The monoisotopic (exact) mass is 320 g/mol. The van der Waals surface area contributed by atoms with E-state index in [0.717, 1.165) is 25.8 Å². The zero-order valence-electron chi connectivity index (χ0n) is 13.8. The van der Waals surface area contributed by atoms with E-state index in [9.17, 15) is 9.90 Å². The Hall–Kier alpha value is -1.56. The number of nitrogens with zero attached hydrogens (tertiary/aromatic N) is 3. The fraction of sp³-hybridized carbons (Fsp3) is 0.765. The Morgan fingerprint density at radius 1 is 1.17 bits per heavy atom. The number of hydrogen-bond acceptors (Lipinski definition) is 3. The highest BCUT2D eigenvalue weighted by molar-refractivity contribution is 5.88. The average Bonchev–Trinajstić information content (AvgIpc) is 2.91. The first-order valence-electron chi connectivity index (χ1n) is 8.98. The van der Waals surface area contributed by atoms with Gasteiger partial charge in [0, 0.05) is 32.0 Å². The molecule has 1 aliphatic carbocycles. The summed E-state index contributed by atoms with van der Waals surface area (Å²) in [6, 6.07) is 2.30. The van der Waals surface area contributed by atoms with E-state index in [-0.39, 0.29) is 12.6 Å². The molecule has 1 atom stereocenters. The van der Waals surface area contributed by atoms with Gasteiger partial charge in [-0.15, -0.1) is 0 Å². The quantitative estimate of drug-likeness (QED) is 0.899. The molecule has 2 heterocycles. The van der Waals surface area contributed by atoms with E-state index in [1.807, 2.05) is 21.8 Å². The number of aliphatic hydroxyl groups is 1. The molecule has 0 radical (unpaired) electrons. The largest absolute Gasteiger partial charge is 0.396 e. The van der Waals surface area contributed by atoms with Gasteiger partial charge in [-0.05, 0) is 38.0 Å². The third-order valence-corrected chi connectivity index (χ3v) is 5.19. The van der Waals surface area contributed by atoms with Crippen LogP contribution in [0.5, 0.6) is 0 Å². The van der Waals surface area contributed by atoms with Crippen LogP contribution in [0.2, 0.25) is 0 Å². The van der Waals surface area contributed by atoms with Crippen molar-refractivity contribution in [2.45, 2.75) is 57.4 Å². The van der Waals surface area contributed by atoms with E-state index in [1.165, 1.54) is 32.1 Å². The summed E-state index contributed by atoms with van der Waals surface area (Å²) in [7, 11) is 0. The number of nitrogens with one attached hydrogen (secondary N) is 1. The molecular formula is C17H28N4O2. The summed E-state index contributed by atoms with van der Waals surface area (Å²) in [5, 5.41) is 16.7. The molecule has 3 rings (SSSR count). The predicted octanol–water partition coefficient (Wildman–Crippen LogP) is 3.01. The summed E-state index contributed by atoms with van der Waals surface area (Å²) in [5.74, 6) is 0.974. The third-order valence-electron chi connectivity index (χ3n) is 5.19. The minimum absolute atomic E-state index is 0.0718. The van der Waals surface area contributed by atoms with E-state index in [1.54, 1.807) is 0 Å². The molecule has 23 heavy (non-hydrogen) atoms. The van der Waals surface area contributed by atoms with Crippen LogP contribution in [0, 0.1) is 5.92 Å². The zero-order chi connectivity index (χ0) is 16.1. The average molecular weight is 320 g/mol. The first-order valence-corrected chi connectivity index (χ1v) is 8.98. The van der Waals surface area contributed by atoms with Crippen molar-refractivity contribution in [1.29, 1.82) is 0 Å². The Morgan fingerprint density at radius 3 is 2.78 bits per heavy atom. The van der Waals surface area contributed by atoms with E-state index in [4.69, 9.17) is 0 Å². The third kappa shape index (κ3) is 4.25. The Labute approximate surface area is 137 Å². The standard InChI is InChI=1S/C17H28N4O2/c22-13-14-5-4-10-20(11-8-14)17(23)18-16-9-12-21(19-16)15-6-2-1-3-7-15/h9,12,14-15,22H,1-8,10-11,13H2,(H,18,19,23). The van der Waals surface area contributed by atoms with Gasteiger partial charge in [0.1, 0.15) is 0 Å². The van der Waals surface area contributed by atoms with Gasteiger partial charge in [0.2, 0.25) is 0 Å². The summed E-state index contributed by atoms with van der Waals surface area (Å²) in [5.41, 5.74) is 0. The number of aromatic nitrogens is 2. The fourth-order valence-corrected chi connectivity index (χ4v) is 3.69. The van der Waals surface area contributed by atoms with Crippen molar-refractivity contribution in [3.05, 3.63) is 12.3 Å². The topological polar surface area (TPSA) is 70.4 Å². The fourth-order valence-electron chi connectivity index (χ4n) is 3.69. The molecule has 1 saturated carbocycles. The van der Waals surface area contributed by atoms with Crippen LogP contribution in [0.25, 0.3) is 0 Å². The molecule has 1 aromatic rings. The first kappa shape index (κ1) is 16.3. The number of urea groups is 1. The lowest BCUT2D eigenvalue weighted by Gasteiger charge is -2.22. The molecule has 2 fully saturated rings. The molecule has 1 saturated heterocycles. The van der Waals surface area contributed by atoms with Crippen molar-refractivity contribution in [3.63, 3.8) is 0 Å². The van der Waals surface area contributed by atoms with Crippen LogP contribution in [0.15, 0.2) is 12.3 Å². The Bertz CT molecular complexity index is 510. The molecule has 6 nitrogen and oxygen atoms in total. The molecule has 2 N–H and O–H groups in total. The normalized spacial score (nSPS) is 23.5. The van der Waals surface area contributed by atoms with Crippen LogP contribution in [0.4, 0.5) is 10.6 Å². The second-order valence-corrected chi connectivity index (χ2v) is 6.87. The molecule has 0 bridgehead atoms. The van der Waals surface area contributed by atoms with Crippen LogP contribution in [0.3, 0.4) is 0 Å². The lowest BCUT2D eigenvalue weighted by Crippen LogP contribution is -2.36. The van der Waals surface area contributed by atoms with Gasteiger partial charge in [-0.1, -0.05) is 19.3 Å². The van der Waals surface area contributed by atoms with Crippen LogP contribution in [0.1, 0.15) is 57.4 Å². The minimum Gasteiger partial charge on any atom is -0.396 e. The summed E-state index contributed by atoms with van der Waals surface area (Å²) in [6.07, 6.45) is 11.0. The van der Waals surface area contributed by atoms with Gasteiger partial charge < -0.3 is 10.0 Å². The highest BCUT2D eigenvalue weighted by Crippen LogP contribution is 2.28. The molecule has 128 valence electrons. The Balaban J connectivity index is 1.54. The second-order valence-electron chi connectivity index (χ2n) is 6.87. The van der Waals surface area contributed by atoms with Crippen molar-refractivity contribution >= 4 is 11.8 Å². The summed E-state index contributed by atoms with van der Waals surface area (Å²) >= 11 is 0. The van der Waals surface area contributed by atoms with Crippen molar-refractivity contribution in [1.82, 2.24) is 14.7 Å². The molecule has 1 aliphatic heterocycles. The maximum atomic E-state index is 12.4. The van der Waals surface area contributed by atoms with Crippen LogP contribution < -0.4 is 5.32 Å². The van der Waals surface area contributed by atoms with Gasteiger partial charge in [-0.25, -0.2) is 4.79 Å². The summed E-state index contributed by atoms with van der Waals surface area (Å²) < 4.78 is 2.01. The SMILES string of the molecule is O=C(Nc1ccn(C2CCCCC2)n1)N1CCCC(CO)CC1. The van der Waals surface area contributed by atoms with Gasteiger partial charge >= 0.3 is 6.03 Å². The van der Waals surface area contributed by atoms with Crippen molar-refractivity contribution in [3.8, 4) is 0 Å². The molecule has 2 amide bonds. The highest BCUT2D eigenvalue weighted by Gasteiger charge is 2.21. The van der Waals surface area contributed by atoms with Crippen LogP contribution >= 0.6 is 0 Å². The van der Waals surface area contributed by atoms with Gasteiger partial charge in [0.05, 0.1) is 6.04 Å². The van der Waals surface area contributed by atoms with Gasteiger partial charge in [-0.2, -0.15) is 5.10 Å². The number of aliphatic hydroxyl groups excluding tert-OH is 1. The van der Waals surface area contributed by atoms with Gasteiger partial charge in [-0.3, -0.25) is 10.00 Å². The van der Waals surface area contributed by atoms with E-state index < -0.39 is 0 Å². The lowest BCUT2D eigenvalue weighted by atomic mass is 9.96. The van der Waals surface area contributed by atoms with E-state index >= 15 is 0 Å². The summed E-state index contributed by atoms with van der Waals surface area (Å²) in [6.45, 7) is 1.69. The van der Waals surface area contributed by atoms with Crippen LogP contribution in [-0.4, -0.2) is 45.5 Å². The number of likely N-dealkylation sites (tertiary alicyclic amines) is 1. The Kier molecular flexibility index (Phi) is 5.54. The molecule has 1 unspecified atom stereocenters. The number of anilines is 1. The first-order chi connectivity index (χ1) is 11.3. The number of amides is 2. The number of hydrogen-bond donors (Lipinski definition) is 2. The summed E-state index contributed by atoms with van der Waals surface area (Å²) in [4.78, 5) is 14.2. The number of carbonyl (C=O) groups is 1. The predicted molar refractivity (Wildman–Crippen MR) is 89.4 cm³/mol. The van der Waals surface area contributed by atoms with Crippen molar-refractivity contribution in [2.24, 2.45) is 5.92 Å². The molecule has 0 spiro atoms. The lowest BCUT2D eigenvalue weighted by molar-refractivity contribution is 0.202. The molecule has 2 aliphatic rings. The number of rotatable bonds is 3. The maximum absolute atomic E-state index is 12.4. The zero-order valence-corrected chi connectivity index (χ0v) is 13.8. The van der Waals surface area contributed by atoms with E-state index in [2.05, 4.69) is 10.4 Å². The molecule has 1 aromatic heterocycles. The van der Waals surface area contributed by atoms with E-state index in [0.29, 0.717) is 24.3 Å². The van der Waals surface area contributed by atoms with Crippen LogP contribution in [-0.2, 0) is 0 Å². The molecule has 0 aromatic carbocycles. The smallest absolute Gasteiger partial charge is 0.323 e. The second kappa shape index (κ2) is 7.81. The minimum atomic E-state index is -0.0718. The van der Waals surface area contributed by atoms with Gasteiger partial charge in [0.15, 0.2) is 5.82 Å². The van der Waals surface area contributed by atoms with Crippen molar-refractivity contribution in [2.75, 3.05) is 25.0 Å². The molecular weight excluding hydrogens is 292 g/mol. The number of carbonyl (C=O) groups excluding carboxylic acids is 1. The maximum Gasteiger partial charge on any atom is 0.323 e.